The number of nitrogens with zero attached hydrogens (tertiary/aromatic N) is 1. The zero-order chi connectivity index (χ0) is 15.7. The normalized spacial score (nSPS) is 18.1. The Bertz CT molecular complexity index is 692. The Morgan fingerprint density at radius 1 is 1.14 bits per heavy atom. The van der Waals surface area contributed by atoms with Gasteiger partial charge in [-0.2, -0.15) is 13.2 Å². The number of ketones is 1. The van der Waals surface area contributed by atoms with Gasteiger partial charge >= 0.3 is 6.18 Å². The van der Waals surface area contributed by atoms with Gasteiger partial charge in [0.15, 0.2) is 5.78 Å². The van der Waals surface area contributed by atoms with Crippen LogP contribution >= 0.6 is 0 Å². The van der Waals surface area contributed by atoms with E-state index in [-0.39, 0.29) is 11.7 Å². The van der Waals surface area contributed by atoms with Crippen molar-refractivity contribution in [1.29, 1.82) is 0 Å². The molecule has 2 nitrogen and oxygen atoms in total. The third kappa shape index (κ3) is 2.89. The number of hydrogen-bond acceptors (Lipinski definition) is 2. The van der Waals surface area contributed by atoms with E-state index >= 15 is 0 Å². The lowest BCUT2D eigenvalue weighted by atomic mass is 9.81. The first-order valence-electron chi connectivity index (χ1n) is 7.09. The number of halogens is 3. The molecule has 2 aromatic rings. The van der Waals surface area contributed by atoms with Crippen LogP contribution in [-0.2, 0) is 19.0 Å². The maximum absolute atomic E-state index is 12.5. The maximum Gasteiger partial charge on any atom is 0.416 e. The van der Waals surface area contributed by atoms with Crippen LogP contribution in [0.4, 0.5) is 13.2 Å². The summed E-state index contributed by atoms with van der Waals surface area (Å²) in [5.41, 5.74) is 1.54. The molecule has 1 atom stereocenters. The zero-order valence-electron chi connectivity index (χ0n) is 11.7. The molecule has 0 N–H and O–H groups in total. The van der Waals surface area contributed by atoms with Gasteiger partial charge in [0.1, 0.15) is 0 Å². The van der Waals surface area contributed by atoms with Gasteiger partial charge in [-0.25, -0.2) is 0 Å². The van der Waals surface area contributed by atoms with Gasteiger partial charge in [0, 0.05) is 17.7 Å². The van der Waals surface area contributed by atoms with Crippen LogP contribution in [0.1, 0.15) is 33.6 Å². The van der Waals surface area contributed by atoms with E-state index < -0.39 is 11.7 Å². The molecular weight excluding hydrogens is 291 g/mol. The van der Waals surface area contributed by atoms with Gasteiger partial charge in [-0.05, 0) is 49.1 Å². The first kappa shape index (κ1) is 14.8. The molecule has 22 heavy (non-hydrogen) atoms. The molecule has 0 radical (unpaired) electrons. The maximum atomic E-state index is 12.5. The van der Waals surface area contributed by atoms with Crippen LogP contribution < -0.4 is 0 Å². The van der Waals surface area contributed by atoms with Crippen LogP contribution in [-0.4, -0.2) is 10.8 Å². The van der Waals surface area contributed by atoms with Crippen molar-refractivity contribution in [2.24, 2.45) is 5.92 Å². The van der Waals surface area contributed by atoms with Gasteiger partial charge < -0.3 is 0 Å². The van der Waals surface area contributed by atoms with E-state index in [1.807, 2.05) is 0 Å². The van der Waals surface area contributed by atoms with Gasteiger partial charge in [0.25, 0.3) is 0 Å². The van der Waals surface area contributed by atoms with Gasteiger partial charge in [0.05, 0.1) is 11.3 Å². The number of aromatic nitrogens is 1. The molecule has 0 spiro atoms. The summed E-state index contributed by atoms with van der Waals surface area (Å²) in [6, 6.07) is 8.54. The molecule has 0 saturated heterocycles. The van der Waals surface area contributed by atoms with Crippen LogP contribution in [0.3, 0.4) is 0 Å². The number of carbonyl (C=O) groups is 1. The smallest absolute Gasteiger partial charge is 0.294 e. The van der Waals surface area contributed by atoms with Crippen molar-refractivity contribution in [2.75, 3.05) is 0 Å². The predicted octanol–water partition coefficient (Wildman–Crippen LogP) is 4.09. The number of benzene rings is 1. The summed E-state index contributed by atoms with van der Waals surface area (Å²) in [5, 5.41) is 0. The fourth-order valence-corrected chi connectivity index (χ4v) is 2.83. The van der Waals surface area contributed by atoms with Crippen molar-refractivity contribution < 1.29 is 18.0 Å². The Morgan fingerprint density at radius 2 is 1.86 bits per heavy atom. The number of alkyl halides is 3. The summed E-state index contributed by atoms with van der Waals surface area (Å²) < 4.78 is 37.6. The lowest BCUT2D eigenvalue weighted by molar-refractivity contribution is -0.137. The van der Waals surface area contributed by atoms with E-state index in [4.69, 9.17) is 0 Å². The average Bonchev–Trinajstić information content (AvgIpc) is 2.50. The zero-order valence-corrected chi connectivity index (χ0v) is 11.7. The molecule has 0 amide bonds. The summed E-state index contributed by atoms with van der Waals surface area (Å²) in [7, 11) is 0. The Balaban J connectivity index is 1.76. The second-order valence-electron chi connectivity index (χ2n) is 5.50. The van der Waals surface area contributed by atoms with Crippen molar-refractivity contribution in [1.82, 2.24) is 4.98 Å². The molecule has 114 valence electrons. The molecule has 0 bridgehead atoms. The predicted molar refractivity (Wildman–Crippen MR) is 75.5 cm³/mol. The SMILES string of the molecule is O=C1c2cccnc2CCC1Cc1ccc(C(F)(F)F)cc1. The Labute approximate surface area is 126 Å². The summed E-state index contributed by atoms with van der Waals surface area (Å²) in [5.74, 6) is -0.150. The minimum absolute atomic E-state index is 0.0363. The highest BCUT2D eigenvalue weighted by atomic mass is 19.4. The molecule has 1 aromatic carbocycles. The van der Waals surface area contributed by atoms with Gasteiger partial charge in [-0.15, -0.1) is 0 Å². The van der Waals surface area contributed by atoms with Gasteiger partial charge in [0.2, 0.25) is 0 Å². The van der Waals surface area contributed by atoms with E-state index in [1.165, 1.54) is 12.1 Å². The number of rotatable bonds is 2. The molecule has 0 fully saturated rings. The summed E-state index contributed by atoms with van der Waals surface area (Å²) in [6.45, 7) is 0. The second-order valence-corrected chi connectivity index (χ2v) is 5.50. The summed E-state index contributed by atoms with van der Waals surface area (Å²) >= 11 is 0. The number of carbonyl (C=O) groups excluding carboxylic acids is 1. The standard InChI is InChI=1S/C17H14F3NO/c18-17(19,20)13-6-3-11(4-7-13)10-12-5-8-15-14(16(12)22)2-1-9-21-15/h1-4,6-7,9,12H,5,8,10H2. The second kappa shape index (κ2) is 5.55. The molecule has 3 rings (SSSR count). The number of hydrogen-bond donors (Lipinski definition) is 0. The minimum Gasteiger partial charge on any atom is -0.294 e. The molecule has 1 aliphatic rings. The Hall–Kier alpha value is -2.17. The van der Waals surface area contributed by atoms with Crippen LogP contribution in [0.25, 0.3) is 0 Å². The first-order chi connectivity index (χ1) is 10.4. The number of fused-ring (bicyclic) bond motifs is 1. The first-order valence-corrected chi connectivity index (χ1v) is 7.09. The highest BCUT2D eigenvalue weighted by Crippen LogP contribution is 2.31. The molecule has 1 aliphatic carbocycles. The number of Topliss-reactive ketones (excluding diaryl/α,β-unsaturated/α-hetero) is 1. The van der Waals surface area contributed by atoms with Gasteiger partial charge in [-0.1, -0.05) is 12.1 Å². The van der Waals surface area contributed by atoms with Crippen molar-refractivity contribution >= 4 is 5.78 Å². The Morgan fingerprint density at radius 3 is 2.55 bits per heavy atom. The van der Waals surface area contributed by atoms with Crippen molar-refractivity contribution in [3.05, 3.63) is 65.0 Å². The molecule has 5 heteroatoms. The Kier molecular flexibility index (Phi) is 3.72. The largest absolute Gasteiger partial charge is 0.416 e. The minimum atomic E-state index is -4.33. The lowest BCUT2D eigenvalue weighted by Gasteiger charge is -2.22. The van der Waals surface area contributed by atoms with Crippen LogP contribution in [0, 0.1) is 5.92 Å². The van der Waals surface area contributed by atoms with Crippen molar-refractivity contribution in [3.63, 3.8) is 0 Å². The third-order valence-electron chi connectivity index (χ3n) is 4.02. The van der Waals surface area contributed by atoms with E-state index in [2.05, 4.69) is 4.98 Å². The quantitative estimate of drug-likeness (QED) is 0.836. The fraction of sp³-hybridized carbons (Fsp3) is 0.294. The van der Waals surface area contributed by atoms with Crippen LogP contribution in [0.5, 0.6) is 0 Å². The van der Waals surface area contributed by atoms with Crippen molar-refractivity contribution in [2.45, 2.75) is 25.4 Å². The third-order valence-corrected chi connectivity index (χ3v) is 4.02. The molecular formula is C17H14F3NO. The molecule has 0 saturated carbocycles. The van der Waals surface area contributed by atoms with Crippen molar-refractivity contribution in [3.8, 4) is 0 Å². The average molecular weight is 305 g/mol. The molecule has 1 unspecified atom stereocenters. The van der Waals surface area contributed by atoms with E-state index in [1.54, 1.807) is 18.3 Å². The molecule has 0 aliphatic heterocycles. The van der Waals surface area contributed by atoms with E-state index in [0.717, 1.165) is 29.8 Å². The van der Waals surface area contributed by atoms with E-state index in [9.17, 15) is 18.0 Å². The summed E-state index contributed by atoms with van der Waals surface area (Å²) in [4.78, 5) is 16.6. The van der Waals surface area contributed by atoms with Crippen LogP contribution in [0.15, 0.2) is 42.6 Å². The molecule has 1 heterocycles. The lowest BCUT2D eigenvalue weighted by Crippen LogP contribution is -2.25. The monoisotopic (exact) mass is 305 g/mol. The highest BCUT2D eigenvalue weighted by molar-refractivity contribution is 5.99. The summed E-state index contributed by atoms with van der Waals surface area (Å²) in [6.07, 6.45) is -0.783. The number of aryl methyl sites for hydroxylation is 1. The van der Waals surface area contributed by atoms with Gasteiger partial charge in [-0.3, -0.25) is 9.78 Å². The van der Waals surface area contributed by atoms with Crippen LogP contribution in [0.2, 0.25) is 0 Å². The molecule has 1 aromatic heterocycles. The number of pyridine rings is 1. The fourth-order valence-electron chi connectivity index (χ4n) is 2.83. The van der Waals surface area contributed by atoms with E-state index in [0.29, 0.717) is 18.4 Å². The topological polar surface area (TPSA) is 30.0 Å². The highest BCUT2D eigenvalue weighted by Gasteiger charge is 2.31.